The van der Waals surface area contributed by atoms with Crippen LogP contribution < -0.4 is 0 Å². The van der Waals surface area contributed by atoms with E-state index in [1.165, 1.54) is 6.26 Å². The summed E-state index contributed by atoms with van der Waals surface area (Å²) in [6, 6.07) is 5.36. The van der Waals surface area contributed by atoms with E-state index in [-0.39, 0.29) is 5.92 Å². The van der Waals surface area contributed by atoms with Gasteiger partial charge in [0, 0.05) is 34.9 Å². The zero-order chi connectivity index (χ0) is 13.7. The number of sulfone groups is 1. The molecule has 0 aliphatic heterocycles. The summed E-state index contributed by atoms with van der Waals surface area (Å²) in [5.41, 5.74) is 1.72. The van der Waals surface area contributed by atoms with Crippen LogP contribution in [0, 0.1) is 0 Å². The highest BCUT2D eigenvalue weighted by atomic mass is 35.5. The highest BCUT2D eigenvalue weighted by molar-refractivity contribution is 7.91. The minimum Gasteiger partial charge on any atom is -0.346 e. The predicted octanol–water partition coefficient (Wildman–Crippen LogP) is 3.36. The zero-order valence-corrected chi connectivity index (χ0v) is 12.4. The van der Waals surface area contributed by atoms with Crippen LogP contribution in [0.1, 0.15) is 25.5 Å². The molecule has 0 saturated carbocycles. The van der Waals surface area contributed by atoms with Gasteiger partial charge in [0.15, 0.2) is 9.84 Å². The van der Waals surface area contributed by atoms with Gasteiger partial charge in [-0.25, -0.2) is 8.42 Å². The standard InChI is InChI=1S/C13H16ClNO2S/c1-8(2)12-13(18(4,16)17)10-7-9(14)5-6-11(10)15(12)3/h5-8H,1-4H3. The third kappa shape index (κ3) is 2.04. The summed E-state index contributed by atoms with van der Waals surface area (Å²) in [5.74, 6) is 0.130. The first kappa shape index (κ1) is 13.4. The van der Waals surface area contributed by atoms with Crippen molar-refractivity contribution in [1.29, 1.82) is 0 Å². The molecule has 18 heavy (non-hydrogen) atoms. The maximum Gasteiger partial charge on any atom is 0.177 e. The van der Waals surface area contributed by atoms with Crippen molar-refractivity contribution < 1.29 is 8.42 Å². The molecule has 0 radical (unpaired) electrons. The van der Waals surface area contributed by atoms with Crippen LogP contribution in [0.3, 0.4) is 0 Å². The fraction of sp³-hybridized carbons (Fsp3) is 0.385. The van der Waals surface area contributed by atoms with E-state index in [1.807, 2.05) is 31.5 Å². The molecular weight excluding hydrogens is 270 g/mol. The van der Waals surface area contributed by atoms with Gasteiger partial charge in [-0.3, -0.25) is 0 Å². The van der Waals surface area contributed by atoms with Gasteiger partial charge >= 0.3 is 0 Å². The molecule has 2 rings (SSSR count). The molecule has 0 aliphatic carbocycles. The predicted molar refractivity (Wildman–Crippen MR) is 75.1 cm³/mol. The largest absolute Gasteiger partial charge is 0.346 e. The van der Waals surface area contributed by atoms with Crippen molar-refractivity contribution in [3.63, 3.8) is 0 Å². The molecule has 0 N–H and O–H groups in total. The van der Waals surface area contributed by atoms with Gasteiger partial charge < -0.3 is 4.57 Å². The van der Waals surface area contributed by atoms with E-state index in [4.69, 9.17) is 11.6 Å². The Hall–Kier alpha value is -1.00. The van der Waals surface area contributed by atoms with Crippen LogP contribution in [0.4, 0.5) is 0 Å². The van der Waals surface area contributed by atoms with Gasteiger partial charge in [-0.05, 0) is 24.1 Å². The van der Waals surface area contributed by atoms with Crippen LogP contribution in [0.5, 0.6) is 0 Å². The highest BCUT2D eigenvalue weighted by Crippen LogP contribution is 2.35. The van der Waals surface area contributed by atoms with Crippen LogP contribution >= 0.6 is 11.6 Å². The van der Waals surface area contributed by atoms with E-state index in [0.717, 1.165) is 11.2 Å². The molecule has 1 aromatic carbocycles. The first-order chi connectivity index (χ1) is 8.23. The lowest BCUT2D eigenvalue weighted by Gasteiger charge is -2.10. The maximum atomic E-state index is 12.0. The number of rotatable bonds is 2. The Labute approximate surface area is 112 Å². The van der Waals surface area contributed by atoms with E-state index in [1.54, 1.807) is 12.1 Å². The third-order valence-corrected chi connectivity index (χ3v) is 4.48. The Bertz CT molecular complexity index is 714. The number of nitrogens with zero attached hydrogens (tertiary/aromatic N) is 1. The molecule has 0 unspecified atom stereocenters. The number of aryl methyl sites for hydroxylation is 1. The zero-order valence-electron chi connectivity index (χ0n) is 10.9. The Kier molecular flexibility index (Phi) is 3.19. The Morgan fingerprint density at radius 2 is 1.89 bits per heavy atom. The second kappa shape index (κ2) is 4.28. The van der Waals surface area contributed by atoms with Crippen molar-refractivity contribution in [3.05, 3.63) is 28.9 Å². The third-order valence-electron chi connectivity index (χ3n) is 3.08. The number of hydrogen-bond acceptors (Lipinski definition) is 2. The van der Waals surface area contributed by atoms with Crippen LogP contribution in [0.2, 0.25) is 5.02 Å². The lowest BCUT2D eigenvalue weighted by molar-refractivity contribution is 0.598. The van der Waals surface area contributed by atoms with Gasteiger partial charge in [0.25, 0.3) is 0 Å². The molecule has 0 fully saturated rings. The summed E-state index contributed by atoms with van der Waals surface area (Å²) >= 11 is 5.98. The average Bonchev–Trinajstić information content (AvgIpc) is 2.50. The van der Waals surface area contributed by atoms with E-state index in [0.29, 0.717) is 15.3 Å². The Morgan fingerprint density at radius 1 is 1.28 bits per heavy atom. The summed E-state index contributed by atoms with van der Waals surface area (Å²) in [5, 5.41) is 1.25. The molecule has 2 aromatic rings. The smallest absolute Gasteiger partial charge is 0.177 e. The molecule has 0 spiro atoms. The van der Waals surface area contributed by atoms with Crippen LogP contribution in [-0.4, -0.2) is 19.2 Å². The first-order valence-electron chi connectivity index (χ1n) is 5.71. The molecule has 0 saturated heterocycles. The van der Waals surface area contributed by atoms with Gasteiger partial charge in [-0.15, -0.1) is 0 Å². The maximum absolute atomic E-state index is 12.0. The molecule has 0 amide bonds. The number of benzene rings is 1. The van der Waals surface area contributed by atoms with E-state index < -0.39 is 9.84 Å². The number of halogens is 1. The first-order valence-corrected chi connectivity index (χ1v) is 7.98. The fourth-order valence-corrected chi connectivity index (χ4v) is 3.93. The number of hydrogen-bond donors (Lipinski definition) is 0. The van der Waals surface area contributed by atoms with Crippen molar-refractivity contribution in [2.45, 2.75) is 24.7 Å². The molecule has 0 atom stereocenters. The lowest BCUT2D eigenvalue weighted by Crippen LogP contribution is -2.05. The van der Waals surface area contributed by atoms with E-state index in [9.17, 15) is 8.42 Å². The van der Waals surface area contributed by atoms with Crippen molar-refractivity contribution >= 4 is 32.3 Å². The van der Waals surface area contributed by atoms with Crippen molar-refractivity contribution in [1.82, 2.24) is 4.57 Å². The summed E-state index contributed by atoms with van der Waals surface area (Å²) in [6.45, 7) is 3.98. The Morgan fingerprint density at radius 3 is 2.39 bits per heavy atom. The topological polar surface area (TPSA) is 39.1 Å². The lowest BCUT2D eigenvalue weighted by atomic mass is 10.1. The fourth-order valence-electron chi connectivity index (χ4n) is 2.44. The minimum atomic E-state index is -3.28. The summed E-state index contributed by atoms with van der Waals surface area (Å²) in [6.07, 6.45) is 1.24. The van der Waals surface area contributed by atoms with Gasteiger partial charge in [0.2, 0.25) is 0 Å². The summed E-state index contributed by atoms with van der Waals surface area (Å²) in [4.78, 5) is 0.400. The van der Waals surface area contributed by atoms with Crippen LogP contribution in [0.15, 0.2) is 23.1 Å². The quantitative estimate of drug-likeness (QED) is 0.849. The van der Waals surface area contributed by atoms with Crippen molar-refractivity contribution in [2.24, 2.45) is 7.05 Å². The summed E-state index contributed by atoms with van der Waals surface area (Å²) < 4.78 is 26.0. The van der Waals surface area contributed by atoms with Crippen LogP contribution in [-0.2, 0) is 16.9 Å². The molecular formula is C13H16ClNO2S. The van der Waals surface area contributed by atoms with E-state index in [2.05, 4.69) is 0 Å². The van der Waals surface area contributed by atoms with Gasteiger partial charge in [-0.2, -0.15) is 0 Å². The average molecular weight is 286 g/mol. The van der Waals surface area contributed by atoms with Crippen molar-refractivity contribution in [2.75, 3.05) is 6.26 Å². The molecule has 1 aromatic heterocycles. The monoisotopic (exact) mass is 285 g/mol. The number of fused-ring (bicyclic) bond motifs is 1. The van der Waals surface area contributed by atoms with E-state index >= 15 is 0 Å². The number of aromatic nitrogens is 1. The van der Waals surface area contributed by atoms with Gasteiger partial charge in [0.1, 0.15) is 0 Å². The normalized spacial score (nSPS) is 12.6. The molecule has 0 aliphatic rings. The van der Waals surface area contributed by atoms with Gasteiger partial charge in [0.05, 0.1) is 4.90 Å². The second-order valence-corrected chi connectivity index (χ2v) is 7.25. The highest BCUT2D eigenvalue weighted by Gasteiger charge is 2.24. The summed E-state index contributed by atoms with van der Waals surface area (Å²) in [7, 11) is -1.39. The van der Waals surface area contributed by atoms with Gasteiger partial charge in [-0.1, -0.05) is 25.4 Å². The Balaban J connectivity index is 3.04. The molecule has 98 valence electrons. The van der Waals surface area contributed by atoms with Crippen molar-refractivity contribution in [3.8, 4) is 0 Å². The molecule has 0 bridgehead atoms. The molecule has 3 nitrogen and oxygen atoms in total. The minimum absolute atomic E-state index is 0.130. The second-order valence-electron chi connectivity index (χ2n) is 4.86. The molecule has 1 heterocycles. The van der Waals surface area contributed by atoms with Crippen LogP contribution in [0.25, 0.3) is 10.9 Å². The molecule has 5 heteroatoms. The SMILES string of the molecule is CC(C)c1c(S(C)(=O)=O)c2cc(Cl)ccc2n1C.